The molecule has 0 rings (SSSR count). The molecule has 0 aromatic rings. The smallest absolute Gasteiger partial charge is 0.296 e. The number of nitrogens with one attached hydrogen (secondary N) is 2. The lowest BCUT2D eigenvalue weighted by atomic mass is 10.9. The summed E-state index contributed by atoms with van der Waals surface area (Å²) in [7, 11) is -7.11. The van der Waals surface area contributed by atoms with Crippen molar-refractivity contribution < 1.29 is 27.2 Å². The Kier molecular flexibility index (Phi) is 9.29. The van der Waals surface area contributed by atoms with Crippen LogP contribution in [0.2, 0.25) is 0 Å². The summed E-state index contributed by atoms with van der Waals surface area (Å²) in [6, 6.07) is 0. The van der Waals surface area contributed by atoms with Gasteiger partial charge in [0.2, 0.25) is 0 Å². The van der Waals surface area contributed by atoms with Crippen molar-refractivity contribution in [3.8, 4) is 0 Å². The Hall–Kier alpha value is 0.220. The van der Waals surface area contributed by atoms with Crippen LogP contribution in [0.1, 0.15) is 27.7 Å². The maximum atomic E-state index is 12.0. The fourth-order valence-corrected chi connectivity index (χ4v) is 3.75. The summed E-state index contributed by atoms with van der Waals surface area (Å²) in [6.07, 6.45) is 0. The first-order chi connectivity index (χ1) is 8.45. The second-order valence-corrected chi connectivity index (χ2v) is 6.36. The standard InChI is InChI=1S/C8H22N2O6P2/c1-5-13-17(11,14-6-2)9-10-18(12,15-7-3)16-8-4/h5-8H2,1-4H3,(H,9,11)(H,10,12). The van der Waals surface area contributed by atoms with E-state index >= 15 is 0 Å². The largest absolute Gasteiger partial charge is 0.419 e. The number of rotatable bonds is 11. The summed E-state index contributed by atoms with van der Waals surface area (Å²) in [5, 5.41) is 4.51. The van der Waals surface area contributed by atoms with Crippen LogP contribution in [0.4, 0.5) is 0 Å². The van der Waals surface area contributed by atoms with Crippen LogP contribution in [0.3, 0.4) is 0 Å². The lowest BCUT2D eigenvalue weighted by Gasteiger charge is -2.22. The average molecular weight is 304 g/mol. The highest BCUT2D eigenvalue weighted by molar-refractivity contribution is 7.55. The van der Waals surface area contributed by atoms with Gasteiger partial charge < -0.3 is 0 Å². The van der Waals surface area contributed by atoms with Gasteiger partial charge in [0.05, 0.1) is 26.4 Å². The highest BCUT2D eigenvalue weighted by atomic mass is 31.2. The zero-order chi connectivity index (χ0) is 14.1. The Morgan fingerprint density at radius 2 is 0.889 bits per heavy atom. The first kappa shape index (κ1) is 18.2. The van der Waals surface area contributed by atoms with Gasteiger partial charge in [-0.3, -0.25) is 18.1 Å². The van der Waals surface area contributed by atoms with E-state index in [0.29, 0.717) is 0 Å². The van der Waals surface area contributed by atoms with E-state index in [9.17, 15) is 9.13 Å². The highest BCUT2D eigenvalue weighted by Crippen LogP contribution is 2.48. The van der Waals surface area contributed by atoms with Crippen LogP contribution in [-0.4, -0.2) is 26.4 Å². The lowest BCUT2D eigenvalue weighted by Crippen LogP contribution is -2.30. The van der Waals surface area contributed by atoms with Gasteiger partial charge in [0.1, 0.15) is 0 Å². The first-order valence-electron chi connectivity index (χ1n) is 5.78. The molecule has 0 aromatic carbocycles. The summed E-state index contributed by atoms with van der Waals surface area (Å²) in [5.41, 5.74) is 0. The summed E-state index contributed by atoms with van der Waals surface area (Å²) < 4.78 is 43.8. The SMILES string of the molecule is CCOP(=O)(NNP(=O)(OCC)OCC)OCC. The van der Waals surface area contributed by atoms with Crippen molar-refractivity contribution >= 4 is 15.5 Å². The molecule has 8 nitrogen and oxygen atoms in total. The average Bonchev–Trinajstić information content (AvgIpc) is 2.28. The molecule has 0 saturated heterocycles. The maximum absolute atomic E-state index is 12.0. The van der Waals surface area contributed by atoms with E-state index in [4.69, 9.17) is 18.1 Å². The van der Waals surface area contributed by atoms with Crippen molar-refractivity contribution in [2.75, 3.05) is 26.4 Å². The van der Waals surface area contributed by atoms with Gasteiger partial charge in [0, 0.05) is 0 Å². The molecule has 110 valence electrons. The monoisotopic (exact) mass is 304 g/mol. The van der Waals surface area contributed by atoms with Crippen LogP contribution in [-0.2, 0) is 27.2 Å². The van der Waals surface area contributed by atoms with Crippen LogP contribution >= 0.6 is 15.5 Å². The second-order valence-electron chi connectivity index (χ2n) is 2.89. The highest BCUT2D eigenvalue weighted by Gasteiger charge is 2.30. The molecule has 18 heavy (non-hydrogen) atoms. The zero-order valence-electron chi connectivity index (χ0n) is 11.2. The molecule has 0 aliphatic carbocycles. The first-order valence-corrected chi connectivity index (χ1v) is 8.86. The summed E-state index contributed by atoms with van der Waals surface area (Å²) in [5.74, 6) is 0. The predicted octanol–water partition coefficient (Wildman–Crippen LogP) is 2.44. The molecule has 2 N–H and O–H groups in total. The topological polar surface area (TPSA) is 95.1 Å². The van der Waals surface area contributed by atoms with E-state index in [1.54, 1.807) is 27.7 Å². The molecule has 0 saturated carbocycles. The number of hydrogen-bond donors (Lipinski definition) is 2. The lowest BCUT2D eigenvalue weighted by molar-refractivity contribution is 0.191. The Balaban J connectivity index is 4.55. The molecule has 0 heterocycles. The molecule has 0 bridgehead atoms. The Morgan fingerprint density at radius 3 is 1.06 bits per heavy atom. The van der Waals surface area contributed by atoms with Gasteiger partial charge in [-0.25, -0.2) is 9.13 Å². The van der Waals surface area contributed by atoms with E-state index < -0.39 is 15.5 Å². The van der Waals surface area contributed by atoms with Gasteiger partial charge >= 0.3 is 15.5 Å². The molecule has 0 fully saturated rings. The third-order valence-electron chi connectivity index (χ3n) is 1.52. The third-order valence-corrected chi connectivity index (χ3v) is 4.86. The molecule has 0 unspecified atom stereocenters. The molecule has 0 radical (unpaired) electrons. The van der Waals surface area contributed by atoms with Gasteiger partial charge in [-0.2, -0.15) is 0 Å². The third kappa shape index (κ3) is 6.97. The molecule has 0 spiro atoms. The quantitative estimate of drug-likeness (QED) is 0.444. The van der Waals surface area contributed by atoms with Crippen molar-refractivity contribution in [2.24, 2.45) is 0 Å². The van der Waals surface area contributed by atoms with Crippen molar-refractivity contribution in [1.29, 1.82) is 0 Å². The fourth-order valence-electron chi connectivity index (χ4n) is 1.01. The van der Waals surface area contributed by atoms with Gasteiger partial charge in [0.25, 0.3) is 0 Å². The molecule has 10 heteroatoms. The zero-order valence-corrected chi connectivity index (χ0v) is 13.0. The van der Waals surface area contributed by atoms with Crippen LogP contribution in [0, 0.1) is 0 Å². The molecule has 0 amide bonds. The molecule has 0 aliphatic rings. The van der Waals surface area contributed by atoms with Gasteiger partial charge in [-0.05, 0) is 27.7 Å². The van der Waals surface area contributed by atoms with Crippen LogP contribution in [0.5, 0.6) is 0 Å². The summed E-state index contributed by atoms with van der Waals surface area (Å²) >= 11 is 0. The summed E-state index contributed by atoms with van der Waals surface area (Å²) in [6.45, 7) is 7.38. The number of hydrazine groups is 1. The fraction of sp³-hybridized carbons (Fsp3) is 1.00. The van der Waals surface area contributed by atoms with Gasteiger partial charge in [0.15, 0.2) is 0 Å². The van der Waals surface area contributed by atoms with Crippen molar-refractivity contribution in [3.05, 3.63) is 0 Å². The number of hydrogen-bond acceptors (Lipinski definition) is 6. The van der Waals surface area contributed by atoms with Crippen molar-refractivity contribution in [1.82, 2.24) is 10.4 Å². The van der Waals surface area contributed by atoms with Crippen molar-refractivity contribution in [2.45, 2.75) is 27.7 Å². The molecule has 0 aliphatic heterocycles. The van der Waals surface area contributed by atoms with Crippen LogP contribution < -0.4 is 10.4 Å². The second kappa shape index (κ2) is 9.18. The summed E-state index contributed by atoms with van der Waals surface area (Å²) in [4.78, 5) is 0. The molecular formula is C8H22N2O6P2. The Bertz CT molecular complexity index is 264. The normalized spacial score (nSPS) is 12.9. The van der Waals surface area contributed by atoms with Gasteiger partial charge in [-0.15, -0.1) is 10.4 Å². The minimum Gasteiger partial charge on any atom is -0.296 e. The van der Waals surface area contributed by atoms with Crippen LogP contribution in [0.25, 0.3) is 0 Å². The minimum absolute atomic E-state index is 0.180. The van der Waals surface area contributed by atoms with Crippen molar-refractivity contribution in [3.63, 3.8) is 0 Å². The maximum Gasteiger partial charge on any atom is 0.419 e. The van der Waals surface area contributed by atoms with Crippen LogP contribution in [0.15, 0.2) is 0 Å². The molecule has 0 atom stereocenters. The van der Waals surface area contributed by atoms with E-state index in [-0.39, 0.29) is 26.4 Å². The predicted molar refractivity (Wildman–Crippen MR) is 68.0 cm³/mol. The minimum atomic E-state index is -3.56. The molecular weight excluding hydrogens is 282 g/mol. The Morgan fingerprint density at radius 1 is 0.667 bits per heavy atom. The van der Waals surface area contributed by atoms with Gasteiger partial charge in [-0.1, -0.05) is 0 Å². The van der Waals surface area contributed by atoms with E-state index in [1.165, 1.54) is 0 Å². The van der Waals surface area contributed by atoms with E-state index in [1.807, 2.05) is 0 Å². The Labute approximate surface area is 108 Å². The van der Waals surface area contributed by atoms with E-state index in [0.717, 1.165) is 0 Å². The molecule has 0 aromatic heterocycles. The van der Waals surface area contributed by atoms with E-state index in [2.05, 4.69) is 10.4 Å².